The van der Waals surface area contributed by atoms with Gasteiger partial charge in [0.25, 0.3) is 0 Å². The van der Waals surface area contributed by atoms with Crippen LogP contribution in [0.2, 0.25) is 0 Å². The Morgan fingerprint density at radius 3 is 3.12 bits per heavy atom. The summed E-state index contributed by atoms with van der Waals surface area (Å²) in [7, 11) is 0. The summed E-state index contributed by atoms with van der Waals surface area (Å²) in [4.78, 5) is 7.06. The lowest BCUT2D eigenvalue weighted by atomic mass is 10.3. The van der Waals surface area contributed by atoms with Gasteiger partial charge in [-0.25, -0.2) is 4.98 Å². The fraction of sp³-hybridized carbons (Fsp3) is 0.462. The van der Waals surface area contributed by atoms with Gasteiger partial charge in [0.15, 0.2) is 0 Å². The molecule has 0 aromatic carbocycles. The summed E-state index contributed by atoms with van der Waals surface area (Å²) in [5.74, 6) is 0. The van der Waals surface area contributed by atoms with Crippen molar-refractivity contribution in [3.8, 4) is 0 Å². The number of aromatic nitrogens is 2. The maximum absolute atomic E-state index is 5.91. The molecule has 0 radical (unpaired) electrons. The lowest BCUT2D eigenvalue weighted by molar-refractivity contribution is 0.323. The van der Waals surface area contributed by atoms with E-state index in [2.05, 4.69) is 45.7 Å². The molecule has 0 saturated carbocycles. The molecular weight excluding hydrogens is 212 g/mol. The number of hydrogen-bond donors (Lipinski definition) is 1. The van der Waals surface area contributed by atoms with Crippen molar-refractivity contribution in [1.82, 2.24) is 14.3 Å². The van der Waals surface area contributed by atoms with Gasteiger partial charge in [0.05, 0.1) is 5.69 Å². The van der Waals surface area contributed by atoms with Crippen LogP contribution in [0.4, 0.5) is 0 Å². The Hall–Kier alpha value is -1.39. The van der Waals surface area contributed by atoms with E-state index in [9.17, 15) is 0 Å². The Labute approximate surface area is 101 Å². The second-order valence-electron chi connectivity index (χ2n) is 4.94. The van der Waals surface area contributed by atoms with Crippen molar-refractivity contribution in [2.75, 3.05) is 13.1 Å². The Morgan fingerprint density at radius 2 is 2.41 bits per heavy atom. The van der Waals surface area contributed by atoms with Gasteiger partial charge in [-0.05, 0) is 25.0 Å². The monoisotopic (exact) mass is 230 g/mol. The number of likely N-dealkylation sites (tertiary alicyclic amines) is 1. The molecule has 2 aromatic heterocycles. The minimum Gasteiger partial charge on any atom is -0.326 e. The number of fused-ring (bicyclic) bond motifs is 1. The molecule has 4 nitrogen and oxygen atoms in total. The number of hydrogen-bond acceptors (Lipinski definition) is 3. The smallest absolute Gasteiger partial charge is 0.139 e. The first-order chi connectivity index (χ1) is 8.22. The highest BCUT2D eigenvalue weighted by molar-refractivity contribution is 5.47. The summed E-state index contributed by atoms with van der Waals surface area (Å²) >= 11 is 0. The molecule has 2 N–H and O–H groups in total. The zero-order chi connectivity index (χ0) is 11.8. The van der Waals surface area contributed by atoms with Crippen molar-refractivity contribution in [3.05, 3.63) is 35.8 Å². The highest BCUT2D eigenvalue weighted by atomic mass is 15.2. The molecular formula is C13H18N4. The van der Waals surface area contributed by atoms with Crippen LogP contribution in [0.5, 0.6) is 0 Å². The first-order valence-electron chi connectivity index (χ1n) is 6.13. The maximum atomic E-state index is 5.91. The van der Waals surface area contributed by atoms with Gasteiger partial charge in [-0.3, -0.25) is 4.90 Å². The van der Waals surface area contributed by atoms with Gasteiger partial charge >= 0.3 is 0 Å². The van der Waals surface area contributed by atoms with Crippen molar-refractivity contribution in [2.45, 2.75) is 25.9 Å². The second kappa shape index (κ2) is 4.13. The standard InChI is InChI=1S/C13H18N4/c1-10-3-2-5-17-9-12(15-13(10)17)8-16-6-4-11(14)7-16/h2-3,5,9,11H,4,6-8,14H2,1H3. The average molecular weight is 230 g/mol. The summed E-state index contributed by atoms with van der Waals surface area (Å²) in [5.41, 5.74) is 9.32. The van der Waals surface area contributed by atoms with Gasteiger partial charge < -0.3 is 10.1 Å². The van der Waals surface area contributed by atoms with E-state index in [-0.39, 0.29) is 0 Å². The third-order valence-corrected chi connectivity index (χ3v) is 3.42. The van der Waals surface area contributed by atoms with E-state index < -0.39 is 0 Å². The van der Waals surface area contributed by atoms with Gasteiger partial charge in [0.2, 0.25) is 0 Å². The number of nitrogens with zero attached hydrogens (tertiary/aromatic N) is 3. The summed E-state index contributed by atoms with van der Waals surface area (Å²) < 4.78 is 2.10. The van der Waals surface area contributed by atoms with E-state index in [0.29, 0.717) is 6.04 Å². The normalized spacial score (nSPS) is 21.4. The van der Waals surface area contributed by atoms with Gasteiger partial charge in [-0.1, -0.05) is 6.07 Å². The zero-order valence-corrected chi connectivity index (χ0v) is 10.1. The lowest BCUT2D eigenvalue weighted by Crippen LogP contribution is -2.26. The minimum atomic E-state index is 0.341. The molecule has 1 aliphatic rings. The van der Waals surface area contributed by atoms with Crippen LogP contribution in [-0.2, 0) is 6.54 Å². The molecule has 0 bridgehead atoms. The number of nitrogens with two attached hydrogens (primary N) is 1. The molecule has 0 aliphatic carbocycles. The molecule has 0 spiro atoms. The van der Waals surface area contributed by atoms with Crippen molar-refractivity contribution in [2.24, 2.45) is 5.73 Å². The molecule has 1 aliphatic heterocycles. The Bertz CT molecular complexity index is 531. The zero-order valence-electron chi connectivity index (χ0n) is 10.1. The van der Waals surface area contributed by atoms with Gasteiger partial charge in [-0.15, -0.1) is 0 Å². The van der Waals surface area contributed by atoms with E-state index in [0.717, 1.165) is 37.4 Å². The first kappa shape index (κ1) is 10.7. The van der Waals surface area contributed by atoms with Crippen molar-refractivity contribution in [1.29, 1.82) is 0 Å². The van der Waals surface area contributed by atoms with E-state index >= 15 is 0 Å². The van der Waals surface area contributed by atoms with Crippen LogP contribution < -0.4 is 5.73 Å². The van der Waals surface area contributed by atoms with Crippen LogP contribution in [0.25, 0.3) is 5.65 Å². The molecule has 1 saturated heterocycles. The molecule has 1 atom stereocenters. The third kappa shape index (κ3) is 2.06. The molecule has 0 amide bonds. The largest absolute Gasteiger partial charge is 0.326 e. The van der Waals surface area contributed by atoms with Crippen LogP contribution in [-0.4, -0.2) is 33.4 Å². The second-order valence-corrected chi connectivity index (χ2v) is 4.94. The van der Waals surface area contributed by atoms with E-state index in [1.165, 1.54) is 5.56 Å². The summed E-state index contributed by atoms with van der Waals surface area (Å²) in [6, 6.07) is 4.49. The fourth-order valence-electron chi connectivity index (χ4n) is 2.52. The lowest BCUT2D eigenvalue weighted by Gasteiger charge is -2.12. The Morgan fingerprint density at radius 1 is 1.53 bits per heavy atom. The molecule has 3 rings (SSSR count). The van der Waals surface area contributed by atoms with Crippen LogP contribution in [0, 0.1) is 6.92 Å². The fourth-order valence-corrected chi connectivity index (χ4v) is 2.52. The molecule has 2 aromatic rings. The molecule has 1 unspecified atom stereocenters. The van der Waals surface area contributed by atoms with Crippen LogP contribution >= 0.6 is 0 Å². The van der Waals surface area contributed by atoms with Gasteiger partial charge in [0.1, 0.15) is 5.65 Å². The Balaban J connectivity index is 1.84. The maximum Gasteiger partial charge on any atom is 0.139 e. The first-order valence-corrected chi connectivity index (χ1v) is 6.13. The van der Waals surface area contributed by atoms with E-state index in [4.69, 9.17) is 5.73 Å². The molecule has 90 valence electrons. The number of pyridine rings is 1. The summed E-state index contributed by atoms with van der Waals surface area (Å²) in [6.07, 6.45) is 5.27. The molecule has 4 heteroatoms. The van der Waals surface area contributed by atoms with Crippen molar-refractivity contribution >= 4 is 5.65 Å². The molecule has 3 heterocycles. The van der Waals surface area contributed by atoms with E-state index in [1.807, 2.05) is 0 Å². The van der Waals surface area contributed by atoms with Gasteiger partial charge in [-0.2, -0.15) is 0 Å². The van der Waals surface area contributed by atoms with E-state index in [1.54, 1.807) is 0 Å². The topological polar surface area (TPSA) is 46.6 Å². The summed E-state index contributed by atoms with van der Waals surface area (Å²) in [5, 5.41) is 0. The predicted molar refractivity (Wildman–Crippen MR) is 67.8 cm³/mol. The third-order valence-electron chi connectivity index (χ3n) is 3.42. The number of aryl methyl sites for hydroxylation is 1. The SMILES string of the molecule is Cc1cccn2cc(CN3CCC(N)C3)nc12. The minimum absolute atomic E-state index is 0.341. The van der Waals surface area contributed by atoms with Crippen LogP contribution in [0.3, 0.4) is 0 Å². The number of rotatable bonds is 2. The molecule has 17 heavy (non-hydrogen) atoms. The van der Waals surface area contributed by atoms with Gasteiger partial charge in [0, 0.05) is 38.1 Å². The summed E-state index contributed by atoms with van der Waals surface area (Å²) in [6.45, 7) is 5.09. The van der Waals surface area contributed by atoms with Crippen molar-refractivity contribution < 1.29 is 0 Å². The highest BCUT2D eigenvalue weighted by Crippen LogP contribution is 2.14. The number of imidazole rings is 1. The average Bonchev–Trinajstić information content (AvgIpc) is 2.86. The molecule has 1 fully saturated rings. The van der Waals surface area contributed by atoms with Crippen molar-refractivity contribution in [3.63, 3.8) is 0 Å². The predicted octanol–water partition coefficient (Wildman–Crippen LogP) is 1.18. The highest BCUT2D eigenvalue weighted by Gasteiger charge is 2.19. The van der Waals surface area contributed by atoms with Crippen LogP contribution in [0.1, 0.15) is 17.7 Å². The van der Waals surface area contributed by atoms with Crippen LogP contribution in [0.15, 0.2) is 24.5 Å². The quantitative estimate of drug-likeness (QED) is 0.842. The Kier molecular flexibility index (Phi) is 2.61.